The topological polar surface area (TPSA) is 62.3 Å². The molecule has 5 fully saturated rings. The van der Waals surface area contributed by atoms with Gasteiger partial charge in [-0.05, 0) is 70.1 Å². The van der Waals surface area contributed by atoms with Crippen LogP contribution in [0, 0.1) is 30.6 Å². The number of carbonyl (C=O) groups is 2. The molecule has 6 heteroatoms. The predicted molar refractivity (Wildman–Crippen MR) is 106 cm³/mol. The summed E-state index contributed by atoms with van der Waals surface area (Å²) in [4.78, 5) is 32.6. The number of thiazole rings is 1. The van der Waals surface area contributed by atoms with Crippen LogP contribution in [0.3, 0.4) is 0 Å². The van der Waals surface area contributed by atoms with E-state index in [0.29, 0.717) is 19.5 Å². The third-order valence-electron chi connectivity index (χ3n) is 7.53. The first-order valence-corrected chi connectivity index (χ1v) is 11.3. The first kappa shape index (κ1) is 17.7. The highest BCUT2D eigenvalue weighted by molar-refractivity contribution is 7.15. The monoisotopic (exact) mass is 387 g/mol. The van der Waals surface area contributed by atoms with E-state index < -0.39 is 0 Å². The largest absolute Gasteiger partial charge is 0.342 e. The second-order valence-corrected chi connectivity index (χ2v) is 10.6. The summed E-state index contributed by atoms with van der Waals surface area (Å²) >= 11 is 1.62. The highest BCUT2D eigenvalue weighted by atomic mass is 32.1. The minimum Gasteiger partial charge on any atom is -0.342 e. The fourth-order valence-corrected chi connectivity index (χ4v) is 7.74. The van der Waals surface area contributed by atoms with Gasteiger partial charge in [-0.2, -0.15) is 0 Å². The maximum Gasteiger partial charge on any atom is 0.231 e. The Morgan fingerprint density at radius 1 is 1.22 bits per heavy atom. The lowest BCUT2D eigenvalue weighted by atomic mass is 9.48. The third kappa shape index (κ3) is 2.91. The lowest BCUT2D eigenvalue weighted by molar-refractivity contribution is -0.128. The van der Waals surface area contributed by atoms with E-state index in [1.54, 1.807) is 16.2 Å². The third-order valence-corrected chi connectivity index (χ3v) is 8.42. The van der Waals surface area contributed by atoms with Crippen LogP contribution in [0.25, 0.3) is 0 Å². The Morgan fingerprint density at radius 3 is 2.41 bits per heavy atom. The van der Waals surface area contributed by atoms with Crippen molar-refractivity contribution in [1.29, 1.82) is 0 Å². The normalized spacial score (nSPS) is 37.3. The van der Waals surface area contributed by atoms with Gasteiger partial charge < -0.3 is 10.2 Å². The molecule has 27 heavy (non-hydrogen) atoms. The van der Waals surface area contributed by atoms with Gasteiger partial charge >= 0.3 is 0 Å². The van der Waals surface area contributed by atoms with Gasteiger partial charge in [-0.3, -0.25) is 9.59 Å². The molecule has 1 N–H and O–H groups in total. The molecule has 0 spiro atoms. The molecule has 1 aliphatic heterocycles. The number of carbonyl (C=O) groups excluding carboxylic acids is 2. The van der Waals surface area contributed by atoms with Crippen LogP contribution in [0.1, 0.15) is 62.4 Å². The van der Waals surface area contributed by atoms with Crippen molar-refractivity contribution in [2.75, 3.05) is 18.4 Å². The van der Waals surface area contributed by atoms with Crippen molar-refractivity contribution in [2.24, 2.45) is 23.7 Å². The molecule has 5 aliphatic rings. The van der Waals surface area contributed by atoms with Crippen molar-refractivity contribution in [3.63, 3.8) is 0 Å². The standard InChI is InChI=1S/C21H29N3O2S/c1-3-24-11-16(7-17(24)25)19(26)23-20-22-18(12(2)27-20)21-8-13-4-14(9-21)6-15(5-13)10-21/h13-16H,3-11H2,1-2H3,(H,22,23,26). The molecule has 1 atom stereocenters. The van der Waals surface area contributed by atoms with Gasteiger partial charge in [0, 0.05) is 29.8 Å². The van der Waals surface area contributed by atoms with E-state index in [1.807, 2.05) is 6.92 Å². The lowest BCUT2D eigenvalue weighted by Gasteiger charge is -2.56. The van der Waals surface area contributed by atoms with E-state index in [0.717, 1.165) is 22.9 Å². The van der Waals surface area contributed by atoms with Crippen LogP contribution >= 0.6 is 11.3 Å². The van der Waals surface area contributed by atoms with Crippen molar-refractivity contribution in [3.8, 4) is 0 Å². The Morgan fingerprint density at radius 2 is 1.85 bits per heavy atom. The molecular weight excluding hydrogens is 358 g/mol. The van der Waals surface area contributed by atoms with Crippen LogP contribution in [0.2, 0.25) is 0 Å². The first-order chi connectivity index (χ1) is 13.0. The zero-order valence-electron chi connectivity index (χ0n) is 16.3. The number of anilines is 1. The van der Waals surface area contributed by atoms with Crippen LogP contribution in [-0.2, 0) is 15.0 Å². The van der Waals surface area contributed by atoms with Gasteiger partial charge in [0.15, 0.2) is 5.13 Å². The molecule has 5 nitrogen and oxygen atoms in total. The van der Waals surface area contributed by atoms with E-state index in [-0.39, 0.29) is 23.1 Å². The molecule has 2 heterocycles. The number of hydrogen-bond acceptors (Lipinski definition) is 4. The summed E-state index contributed by atoms with van der Waals surface area (Å²) in [5, 5.41) is 3.76. The zero-order chi connectivity index (χ0) is 18.8. The number of nitrogens with zero attached hydrogens (tertiary/aromatic N) is 2. The van der Waals surface area contributed by atoms with Gasteiger partial charge in [-0.25, -0.2) is 4.98 Å². The summed E-state index contributed by atoms with van der Waals surface area (Å²) in [6, 6.07) is 0. The Kier molecular flexibility index (Phi) is 4.12. The van der Waals surface area contributed by atoms with Crippen LogP contribution in [0.15, 0.2) is 0 Å². The summed E-state index contributed by atoms with van der Waals surface area (Å²) in [5.41, 5.74) is 1.53. The fourth-order valence-electron chi connectivity index (χ4n) is 6.80. The first-order valence-electron chi connectivity index (χ1n) is 10.5. The Labute approximate surface area is 164 Å². The van der Waals surface area contributed by atoms with E-state index in [4.69, 9.17) is 4.98 Å². The second-order valence-electron chi connectivity index (χ2n) is 9.44. The number of hydrogen-bond donors (Lipinski definition) is 1. The second kappa shape index (κ2) is 6.29. The number of nitrogens with one attached hydrogen (secondary N) is 1. The molecule has 1 unspecified atom stereocenters. The molecule has 4 aliphatic carbocycles. The zero-order valence-corrected chi connectivity index (χ0v) is 17.1. The Hall–Kier alpha value is -1.43. The number of aromatic nitrogens is 1. The van der Waals surface area contributed by atoms with Gasteiger partial charge in [0.05, 0.1) is 11.6 Å². The molecule has 6 rings (SSSR count). The average molecular weight is 388 g/mol. The van der Waals surface area contributed by atoms with Gasteiger partial charge in [0.1, 0.15) is 0 Å². The molecular formula is C21H29N3O2S. The number of amides is 2. The van der Waals surface area contributed by atoms with Crippen LogP contribution in [0.4, 0.5) is 5.13 Å². The van der Waals surface area contributed by atoms with Crippen LogP contribution < -0.4 is 5.32 Å². The van der Waals surface area contributed by atoms with Crippen molar-refractivity contribution >= 4 is 28.3 Å². The lowest BCUT2D eigenvalue weighted by Crippen LogP contribution is -2.49. The highest BCUT2D eigenvalue weighted by Gasteiger charge is 2.53. The van der Waals surface area contributed by atoms with Crippen molar-refractivity contribution in [1.82, 2.24) is 9.88 Å². The maximum atomic E-state index is 12.7. The maximum absolute atomic E-state index is 12.7. The summed E-state index contributed by atoms with van der Waals surface area (Å²) < 4.78 is 0. The van der Waals surface area contributed by atoms with E-state index in [2.05, 4.69) is 12.2 Å². The van der Waals surface area contributed by atoms with Gasteiger partial charge in [-0.1, -0.05) is 0 Å². The summed E-state index contributed by atoms with van der Waals surface area (Å²) in [6.45, 7) is 5.34. The fraction of sp³-hybridized carbons (Fsp3) is 0.762. The van der Waals surface area contributed by atoms with Gasteiger partial charge in [-0.15, -0.1) is 11.3 Å². The number of aryl methyl sites for hydroxylation is 1. The molecule has 2 amide bonds. The van der Waals surface area contributed by atoms with Crippen LogP contribution in [0.5, 0.6) is 0 Å². The quantitative estimate of drug-likeness (QED) is 0.856. The van der Waals surface area contributed by atoms with Gasteiger partial charge in [0.2, 0.25) is 11.8 Å². The number of rotatable bonds is 4. The van der Waals surface area contributed by atoms with Crippen molar-refractivity contribution < 1.29 is 9.59 Å². The average Bonchev–Trinajstić information content (AvgIpc) is 3.16. The Balaban J connectivity index is 1.33. The molecule has 146 valence electrons. The molecule has 0 aromatic carbocycles. The molecule has 1 saturated heterocycles. The van der Waals surface area contributed by atoms with Crippen molar-refractivity contribution in [2.45, 2.75) is 64.2 Å². The molecule has 4 saturated carbocycles. The summed E-state index contributed by atoms with van der Waals surface area (Å²) in [7, 11) is 0. The van der Waals surface area contributed by atoms with Crippen molar-refractivity contribution in [3.05, 3.63) is 10.6 Å². The minimum atomic E-state index is -0.246. The van der Waals surface area contributed by atoms with Gasteiger partial charge in [0.25, 0.3) is 0 Å². The van der Waals surface area contributed by atoms with E-state index >= 15 is 0 Å². The molecule has 1 aromatic rings. The molecule has 1 aromatic heterocycles. The van der Waals surface area contributed by atoms with Crippen LogP contribution in [-0.4, -0.2) is 34.8 Å². The molecule has 0 radical (unpaired) electrons. The smallest absolute Gasteiger partial charge is 0.231 e. The van der Waals surface area contributed by atoms with E-state index in [9.17, 15) is 9.59 Å². The number of likely N-dealkylation sites (tertiary alicyclic amines) is 1. The summed E-state index contributed by atoms with van der Waals surface area (Å²) in [6.07, 6.45) is 8.48. The highest BCUT2D eigenvalue weighted by Crippen LogP contribution is 2.61. The SMILES string of the molecule is CCN1CC(C(=O)Nc2nc(C34CC5CC(CC(C5)C3)C4)c(C)s2)CC1=O. The minimum absolute atomic E-state index is 0.0508. The Bertz CT molecular complexity index is 751. The summed E-state index contributed by atoms with van der Waals surface area (Å²) in [5.74, 6) is 2.46. The van der Waals surface area contributed by atoms with E-state index in [1.165, 1.54) is 49.1 Å². The predicted octanol–water partition coefficient (Wildman–Crippen LogP) is 3.73. The molecule has 4 bridgehead atoms.